The molecule has 2 N–H and O–H groups in total. The number of benzene rings is 1. The minimum absolute atomic E-state index is 0.00871. The van der Waals surface area contributed by atoms with Gasteiger partial charge in [0.25, 0.3) is 0 Å². The summed E-state index contributed by atoms with van der Waals surface area (Å²) in [5.74, 6) is -2.28. The molecule has 3 aromatic rings. The normalized spacial score (nSPS) is 10.8. The Kier molecular flexibility index (Phi) is 3.09. The van der Waals surface area contributed by atoms with E-state index >= 15 is 0 Å². The third-order valence-electron chi connectivity index (χ3n) is 2.90. The average molecular weight is 291 g/mol. The van der Waals surface area contributed by atoms with Crippen LogP contribution in [0.5, 0.6) is 0 Å². The third kappa shape index (κ3) is 2.33. The molecule has 0 fully saturated rings. The number of hydrogen-bond donors (Lipinski definition) is 1. The van der Waals surface area contributed by atoms with Gasteiger partial charge in [0.15, 0.2) is 0 Å². The van der Waals surface area contributed by atoms with Gasteiger partial charge in [0.1, 0.15) is 23.1 Å². The van der Waals surface area contributed by atoms with Crippen LogP contribution in [0, 0.1) is 17.5 Å². The molecular weight excluding hydrogens is 283 g/mol. The lowest BCUT2D eigenvalue weighted by Gasteiger charge is -2.04. The van der Waals surface area contributed by atoms with Crippen LogP contribution in [0.15, 0.2) is 41.2 Å². The van der Waals surface area contributed by atoms with Crippen molar-refractivity contribution in [1.82, 2.24) is 10.1 Å². The fraction of sp³-hybridized carbons (Fsp3) is 0. The van der Waals surface area contributed by atoms with Gasteiger partial charge in [0, 0.05) is 23.4 Å². The van der Waals surface area contributed by atoms with Crippen LogP contribution >= 0.6 is 0 Å². The molecule has 0 saturated heterocycles. The summed E-state index contributed by atoms with van der Waals surface area (Å²) < 4.78 is 45.0. The summed E-state index contributed by atoms with van der Waals surface area (Å²) in [5.41, 5.74) is 6.19. The van der Waals surface area contributed by atoms with Crippen molar-refractivity contribution < 1.29 is 17.7 Å². The van der Waals surface area contributed by atoms with E-state index in [0.29, 0.717) is 0 Å². The Morgan fingerprint density at radius 2 is 1.81 bits per heavy atom. The van der Waals surface area contributed by atoms with Gasteiger partial charge in [-0.15, -0.1) is 0 Å². The number of pyridine rings is 1. The second-order valence-corrected chi connectivity index (χ2v) is 4.29. The van der Waals surface area contributed by atoms with Crippen LogP contribution in [0.3, 0.4) is 0 Å². The summed E-state index contributed by atoms with van der Waals surface area (Å²) >= 11 is 0. The zero-order chi connectivity index (χ0) is 15.0. The van der Waals surface area contributed by atoms with Crippen LogP contribution in [-0.4, -0.2) is 10.1 Å². The Balaban J connectivity index is 2.22. The Morgan fingerprint density at radius 3 is 2.52 bits per heavy atom. The van der Waals surface area contributed by atoms with Gasteiger partial charge in [-0.3, -0.25) is 4.98 Å². The standard InChI is InChI=1S/C14H8F3N3O/c15-8-1-2-10(11(17)4-8)12-13(20-21-14(12)18)7-3-9(16)6-19-5-7/h1-6H,18H2. The highest BCUT2D eigenvalue weighted by molar-refractivity contribution is 5.86. The first-order chi connectivity index (χ1) is 10.1. The molecule has 0 aliphatic rings. The van der Waals surface area contributed by atoms with Gasteiger partial charge < -0.3 is 10.3 Å². The molecule has 3 rings (SSSR count). The summed E-state index contributed by atoms with van der Waals surface area (Å²) in [6, 6.07) is 4.17. The molecule has 0 aliphatic carbocycles. The van der Waals surface area contributed by atoms with Crippen molar-refractivity contribution in [3.05, 3.63) is 54.1 Å². The molecule has 21 heavy (non-hydrogen) atoms. The number of hydrogen-bond acceptors (Lipinski definition) is 4. The molecule has 0 atom stereocenters. The zero-order valence-corrected chi connectivity index (χ0v) is 10.5. The summed E-state index contributed by atoms with van der Waals surface area (Å²) in [6.07, 6.45) is 2.36. The first-order valence-electron chi connectivity index (χ1n) is 5.88. The number of nitrogen functional groups attached to an aromatic ring is 1. The van der Waals surface area contributed by atoms with Gasteiger partial charge in [-0.1, -0.05) is 5.16 Å². The number of anilines is 1. The van der Waals surface area contributed by atoms with E-state index in [0.717, 1.165) is 24.4 Å². The predicted molar refractivity (Wildman–Crippen MR) is 69.5 cm³/mol. The van der Waals surface area contributed by atoms with Gasteiger partial charge >= 0.3 is 0 Å². The smallest absolute Gasteiger partial charge is 0.230 e. The van der Waals surface area contributed by atoms with Gasteiger partial charge in [-0.25, -0.2) is 13.2 Å². The van der Waals surface area contributed by atoms with Gasteiger partial charge in [-0.05, 0) is 18.2 Å². The second-order valence-electron chi connectivity index (χ2n) is 4.29. The van der Waals surface area contributed by atoms with E-state index in [4.69, 9.17) is 10.3 Å². The van der Waals surface area contributed by atoms with Crippen molar-refractivity contribution in [2.75, 3.05) is 5.73 Å². The van der Waals surface area contributed by atoms with E-state index in [-0.39, 0.29) is 28.3 Å². The lowest BCUT2D eigenvalue weighted by atomic mass is 10.0. The quantitative estimate of drug-likeness (QED) is 0.786. The molecule has 2 heterocycles. The average Bonchev–Trinajstić information content (AvgIpc) is 2.81. The summed E-state index contributed by atoms with van der Waals surface area (Å²) in [4.78, 5) is 3.69. The van der Waals surface area contributed by atoms with Crippen molar-refractivity contribution in [3.8, 4) is 22.4 Å². The first kappa shape index (κ1) is 13.2. The lowest BCUT2D eigenvalue weighted by molar-refractivity contribution is 0.439. The molecule has 0 amide bonds. The molecular formula is C14H8F3N3O. The maximum absolute atomic E-state index is 13.9. The molecule has 0 radical (unpaired) electrons. The molecule has 2 aromatic heterocycles. The molecule has 7 heteroatoms. The molecule has 0 aliphatic heterocycles. The van der Waals surface area contributed by atoms with E-state index in [1.54, 1.807) is 0 Å². The van der Waals surface area contributed by atoms with E-state index in [9.17, 15) is 13.2 Å². The van der Waals surface area contributed by atoms with E-state index in [2.05, 4.69) is 10.1 Å². The van der Waals surface area contributed by atoms with Crippen molar-refractivity contribution in [2.45, 2.75) is 0 Å². The number of nitrogens with zero attached hydrogens (tertiary/aromatic N) is 2. The van der Waals surface area contributed by atoms with E-state index in [1.807, 2.05) is 0 Å². The molecule has 106 valence electrons. The largest absolute Gasteiger partial charge is 0.367 e. The molecule has 0 bridgehead atoms. The van der Waals surface area contributed by atoms with Crippen LogP contribution < -0.4 is 5.73 Å². The van der Waals surface area contributed by atoms with Crippen LogP contribution in [0.2, 0.25) is 0 Å². The highest BCUT2D eigenvalue weighted by atomic mass is 19.1. The van der Waals surface area contributed by atoms with Crippen LogP contribution in [-0.2, 0) is 0 Å². The topological polar surface area (TPSA) is 64.9 Å². The highest BCUT2D eigenvalue weighted by Crippen LogP contribution is 2.37. The Labute approximate surface area is 117 Å². The molecule has 0 spiro atoms. The van der Waals surface area contributed by atoms with Crippen molar-refractivity contribution in [2.24, 2.45) is 0 Å². The number of aromatic nitrogens is 2. The predicted octanol–water partition coefficient (Wildman–Crippen LogP) is 3.40. The fourth-order valence-corrected chi connectivity index (χ4v) is 1.99. The summed E-state index contributed by atoms with van der Waals surface area (Å²) in [6.45, 7) is 0. The van der Waals surface area contributed by atoms with Crippen LogP contribution in [0.1, 0.15) is 0 Å². The number of halogens is 3. The lowest BCUT2D eigenvalue weighted by Crippen LogP contribution is -1.92. The van der Waals surface area contributed by atoms with Crippen molar-refractivity contribution in [3.63, 3.8) is 0 Å². The molecule has 0 saturated carbocycles. The Bertz CT molecular complexity index is 817. The second kappa shape index (κ2) is 4.93. The zero-order valence-electron chi connectivity index (χ0n) is 10.5. The van der Waals surface area contributed by atoms with Gasteiger partial charge in [0.05, 0.1) is 11.8 Å². The number of nitrogens with two attached hydrogens (primary N) is 1. The maximum atomic E-state index is 13.9. The third-order valence-corrected chi connectivity index (χ3v) is 2.90. The monoisotopic (exact) mass is 291 g/mol. The van der Waals surface area contributed by atoms with Crippen molar-refractivity contribution in [1.29, 1.82) is 0 Å². The SMILES string of the molecule is Nc1onc(-c2cncc(F)c2)c1-c1ccc(F)cc1F. The molecule has 4 nitrogen and oxygen atoms in total. The van der Waals surface area contributed by atoms with Gasteiger partial charge in [-0.2, -0.15) is 0 Å². The van der Waals surface area contributed by atoms with E-state index in [1.165, 1.54) is 12.3 Å². The minimum Gasteiger partial charge on any atom is -0.367 e. The molecule has 0 unspecified atom stereocenters. The highest BCUT2D eigenvalue weighted by Gasteiger charge is 2.21. The van der Waals surface area contributed by atoms with Crippen LogP contribution in [0.4, 0.5) is 19.1 Å². The summed E-state index contributed by atoms with van der Waals surface area (Å²) in [5, 5.41) is 3.70. The molecule has 1 aromatic carbocycles. The Hall–Kier alpha value is -2.83. The fourth-order valence-electron chi connectivity index (χ4n) is 1.99. The minimum atomic E-state index is -0.824. The Morgan fingerprint density at radius 1 is 1.00 bits per heavy atom. The first-order valence-corrected chi connectivity index (χ1v) is 5.88. The summed E-state index contributed by atoms with van der Waals surface area (Å²) in [7, 11) is 0. The van der Waals surface area contributed by atoms with Gasteiger partial charge in [0.2, 0.25) is 5.88 Å². The van der Waals surface area contributed by atoms with E-state index < -0.39 is 17.5 Å². The maximum Gasteiger partial charge on any atom is 0.230 e. The number of rotatable bonds is 2. The van der Waals surface area contributed by atoms with Crippen molar-refractivity contribution >= 4 is 5.88 Å². The van der Waals surface area contributed by atoms with Crippen LogP contribution in [0.25, 0.3) is 22.4 Å².